The maximum Gasteiger partial charge on any atom is 0.251 e. The van der Waals surface area contributed by atoms with Gasteiger partial charge in [-0.05, 0) is 28.5 Å². The van der Waals surface area contributed by atoms with Gasteiger partial charge in [0.25, 0.3) is 5.91 Å². The number of aldehydes is 1. The van der Waals surface area contributed by atoms with Gasteiger partial charge in [-0.3, -0.25) is 9.59 Å². The van der Waals surface area contributed by atoms with Gasteiger partial charge in [0.15, 0.2) is 0 Å². The molecule has 0 radical (unpaired) electrons. The molecule has 3 rings (SSSR count). The standard InChI is InChI=1S/C19H15NO2/c21-13-15-7-5-14(6-8-15)12-20-19(22)18-10-9-16-3-1-2-4-17(16)11-18/h1-11,13H,12H2,(H,20,22). The van der Waals surface area contributed by atoms with E-state index in [-0.39, 0.29) is 5.91 Å². The number of amides is 1. The summed E-state index contributed by atoms with van der Waals surface area (Å²) in [6.07, 6.45) is 0.803. The predicted octanol–water partition coefficient (Wildman–Crippen LogP) is 3.58. The third kappa shape index (κ3) is 3.04. The van der Waals surface area contributed by atoms with Crippen molar-refractivity contribution in [3.8, 4) is 0 Å². The second-order valence-electron chi connectivity index (χ2n) is 5.10. The second-order valence-corrected chi connectivity index (χ2v) is 5.10. The molecule has 0 unspecified atom stereocenters. The lowest BCUT2D eigenvalue weighted by atomic mass is 10.1. The average molecular weight is 289 g/mol. The van der Waals surface area contributed by atoms with Crippen LogP contribution in [-0.2, 0) is 6.54 Å². The van der Waals surface area contributed by atoms with Gasteiger partial charge >= 0.3 is 0 Å². The van der Waals surface area contributed by atoms with E-state index in [1.54, 1.807) is 12.1 Å². The lowest BCUT2D eigenvalue weighted by Gasteiger charge is -2.07. The predicted molar refractivity (Wildman–Crippen MR) is 86.9 cm³/mol. The van der Waals surface area contributed by atoms with Crippen LogP contribution in [0.4, 0.5) is 0 Å². The molecule has 0 fully saturated rings. The van der Waals surface area contributed by atoms with Crippen LogP contribution in [0.15, 0.2) is 66.7 Å². The Morgan fingerprint density at radius 1 is 0.909 bits per heavy atom. The third-order valence-electron chi connectivity index (χ3n) is 3.58. The van der Waals surface area contributed by atoms with E-state index in [2.05, 4.69) is 5.32 Å². The summed E-state index contributed by atoms with van der Waals surface area (Å²) in [5.41, 5.74) is 2.23. The van der Waals surface area contributed by atoms with Crippen molar-refractivity contribution in [2.24, 2.45) is 0 Å². The van der Waals surface area contributed by atoms with Crippen LogP contribution in [0.3, 0.4) is 0 Å². The van der Waals surface area contributed by atoms with Crippen molar-refractivity contribution in [2.45, 2.75) is 6.54 Å². The van der Waals surface area contributed by atoms with Crippen molar-refractivity contribution >= 4 is 23.0 Å². The van der Waals surface area contributed by atoms with Crippen LogP contribution in [0.5, 0.6) is 0 Å². The Labute approximate surface area is 128 Å². The normalized spacial score (nSPS) is 10.4. The molecule has 0 aliphatic carbocycles. The Bertz CT molecular complexity index is 822. The van der Waals surface area contributed by atoms with Crippen molar-refractivity contribution in [3.05, 3.63) is 83.4 Å². The number of hydrogen-bond donors (Lipinski definition) is 1. The lowest BCUT2D eigenvalue weighted by molar-refractivity contribution is 0.0950. The summed E-state index contributed by atoms with van der Waals surface area (Å²) in [7, 11) is 0. The van der Waals surface area contributed by atoms with E-state index in [4.69, 9.17) is 0 Å². The van der Waals surface area contributed by atoms with Crippen molar-refractivity contribution < 1.29 is 9.59 Å². The van der Waals surface area contributed by atoms with E-state index in [1.807, 2.05) is 54.6 Å². The van der Waals surface area contributed by atoms with Gasteiger partial charge in [-0.15, -0.1) is 0 Å². The molecule has 0 bridgehead atoms. The Kier molecular flexibility index (Phi) is 3.97. The molecule has 3 aromatic rings. The molecule has 0 spiro atoms. The first-order valence-corrected chi connectivity index (χ1v) is 7.07. The van der Waals surface area contributed by atoms with Crippen LogP contribution < -0.4 is 5.32 Å². The van der Waals surface area contributed by atoms with Crippen LogP contribution in [0.2, 0.25) is 0 Å². The summed E-state index contributed by atoms with van der Waals surface area (Å²) in [5.74, 6) is -0.106. The number of carbonyl (C=O) groups is 2. The minimum Gasteiger partial charge on any atom is -0.348 e. The zero-order valence-electron chi connectivity index (χ0n) is 12.0. The zero-order chi connectivity index (χ0) is 15.4. The summed E-state index contributed by atoms with van der Waals surface area (Å²) in [5, 5.41) is 5.05. The molecule has 3 nitrogen and oxygen atoms in total. The highest BCUT2D eigenvalue weighted by atomic mass is 16.1. The smallest absolute Gasteiger partial charge is 0.251 e. The van der Waals surface area contributed by atoms with Crippen LogP contribution in [0, 0.1) is 0 Å². The lowest BCUT2D eigenvalue weighted by Crippen LogP contribution is -2.22. The molecule has 0 aliphatic heterocycles. The first-order chi connectivity index (χ1) is 10.8. The number of rotatable bonds is 4. The number of carbonyl (C=O) groups excluding carboxylic acids is 2. The van der Waals surface area contributed by atoms with Crippen LogP contribution >= 0.6 is 0 Å². The quantitative estimate of drug-likeness (QED) is 0.746. The zero-order valence-corrected chi connectivity index (χ0v) is 12.0. The molecule has 3 heteroatoms. The molecule has 0 aromatic heterocycles. The fraction of sp³-hybridized carbons (Fsp3) is 0.0526. The average Bonchev–Trinajstić information content (AvgIpc) is 2.59. The summed E-state index contributed by atoms with van der Waals surface area (Å²) in [6, 6.07) is 20.8. The first-order valence-electron chi connectivity index (χ1n) is 7.07. The maximum atomic E-state index is 12.2. The molecule has 108 valence electrons. The van der Waals surface area contributed by atoms with Gasteiger partial charge < -0.3 is 5.32 Å². The van der Waals surface area contributed by atoms with Gasteiger partial charge in [0, 0.05) is 17.7 Å². The molecule has 22 heavy (non-hydrogen) atoms. The highest BCUT2D eigenvalue weighted by molar-refractivity contribution is 5.98. The largest absolute Gasteiger partial charge is 0.348 e. The van der Waals surface area contributed by atoms with E-state index < -0.39 is 0 Å². The summed E-state index contributed by atoms with van der Waals surface area (Å²) in [6.45, 7) is 0.435. The van der Waals surface area contributed by atoms with Crippen molar-refractivity contribution in [1.82, 2.24) is 5.32 Å². The van der Waals surface area contributed by atoms with Crippen molar-refractivity contribution in [2.75, 3.05) is 0 Å². The number of fused-ring (bicyclic) bond motifs is 1. The minimum atomic E-state index is -0.106. The van der Waals surface area contributed by atoms with Gasteiger partial charge in [-0.1, -0.05) is 54.6 Å². The number of hydrogen-bond acceptors (Lipinski definition) is 2. The Morgan fingerprint density at radius 3 is 2.36 bits per heavy atom. The van der Waals surface area contributed by atoms with Crippen molar-refractivity contribution in [3.63, 3.8) is 0 Å². The molecular formula is C19H15NO2. The summed E-state index contributed by atoms with van der Waals surface area (Å²) < 4.78 is 0. The van der Waals surface area contributed by atoms with E-state index in [0.717, 1.165) is 22.6 Å². The number of nitrogens with one attached hydrogen (secondary N) is 1. The SMILES string of the molecule is O=Cc1ccc(CNC(=O)c2ccc3ccccc3c2)cc1. The minimum absolute atomic E-state index is 0.106. The van der Waals surface area contributed by atoms with Gasteiger partial charge in [-0.2, -0.15) is 0 Å². The second kappa shape index (κ2) is 6.22. The van der Waals surface area contributed by atoms with Gasteiger partial charge in [-0.25, -0.2) is 0 Å². The molecule has 0 heterocycles. The molecule has 0 saturated carbocycles. The topological polar surface area (TPSA) is 46.2 Å². The molecule has 0 aliphatic rings. The molecule has 3 aromatic carbocycles. The molecular weight excluding hydrogens is 274 g/mol. The molecule has 0 atom stereocenters. The van der Waals surface area contributed by atoms with Crippen LogP contribution in [-0.4, -0.2) is 12.2 Å². The van der Waals surface area contributed by atoms with E-state index in [0.29, 0.717) is 17.7 Å². The fourth-order valence-corrected chi connectivity index (χ4v) is 2.33. The Hall–Kier alpha value is -2.94. The van der Waals surface area contributed by atoms with E-state index >= 15 is 0 Å². The molecule has 0 saturated heterocycles. The van der Waals surface area contributed by atoms with Crippen LogP contribution in [0.1, 0.15) is 26.3 Å². The van der Waals surface area contributed by atoms with Crippen LogP contribution in [0.25, 0.3) is 10.8 Å². The molecule has 1 N–H and O–H groups in total. The highest BCUT2D eigenvalue weighted by Gasteiger charge is 2.06. The van der Waals surface area contributed by atoms with Gasteiger partial charge in [0.05, 0.1) is 0 Å². The maximum absolute atomic E-state index is 12.2. The summed E-state index contributed by atoms with van der Waals surface area (Å²) in [4.78, 5) is 22.8. The fourth-order valence-electron chi connectivity index (χ4n) is 2.33. The Balaban J connectivity index is 1.71. The van der Waals surface area contributed by atoms with Gasteiger partial charge in [0.1, 0.15) is 6.29 Å². The van der Waals surface area contributed by atoms with E-state index in [1.165, 1.54) is 0 Å². The third-order valence-corrected chi connectivity index (χ3v) is 3.58. The Morgan fingerprint density at radius 2 is 1.64 bits per heavy atom. The highest BCUT2D eigenvalue weighted by Crippen LogP contribution is 2.15. The van der Waals surface area contributed by atoms with Crippen molar-refractivity contribution in [1.29, 1.82) is 0 Å². The summed E-state index contributed by atoms with van der Waals surface area (Å²) >= 11 is 0. The van der Waals surface area contributed by atoms with E-state index in [9.17, 15) is 9.59 Å². The molecule has 1 amide bonds. The first kappa shape index (κ1) is 14.0. The monoisotopic (exact) mass is 289 g/mol. The van der Waals surface area contributed by atoms with Gasteiger partial charge in [0.2, 0.25) is 0 Å². The number of benzene rings is 3.